The molecule has 0 spiro atoms. The highest BCUT2D eigenvalue weighted by Crippen LogP contribution is 2.26. The van der Waals surface area contributed by atoms with Crippen molar-refractivity contribution in [2.24, 2.45) is 0 Å². The van der Waals surface area contributed by atoms with Crippen LogP contribution in [0.2, 0.25) is 5.28 Å². The second-order valence-corrected chi connectivity index (χ2v) is 4.61. The van der Waals surface area contributed by atoms with Crippen molar-refractivity contribution in [2.45, 2.75) is 13.2 Å². The minimum atomic E-state index is -0.220. The number of hydrogen-bond donors (Lipinski definition) is 0. The molecule has 0 amide bonds. The van der Waals surface area contributed by atoms with E-state index in [0.29, 0.717) is 5.28 Å². The number of rotatable bonds is 3. The third-order valence-corrected chi connectivity index (χ3v) is 3.23. The molecule has 0 saturated carbocycles. The highest BCUT2D eigenvalue weighted by molar-refractivity contribution is 6.29. The highest BCUT2D eigenvalue weighted by Gasteiger charge is 2.15. The first-order valence-electron chi connectivity index (χ1n) is 6.10. The number of para-hydroxylation sites is 3. The number of nitrogens with zero attached hydrogens (tertiary/aromatic N) is 2. The molecule has 1 aromatic heterocycles. The molecule has 0 aliphatic rings. The van der Waals surface area contributed by atoms with Gasteiger partial charge in [0.1, 0.15) is 5.75 Å². The Labute approximate surface area is 116 Å². The second kappa shape index (κ2) is 4.94. The van der Waals surface area contributed by atoms with Gasteiger partial charge in [0.25, 0.3) is 0 Å². The Balaban J connectivity index is 1.97. The number of ether oxygens (including phenoxy) is 1. The molecule has 3 aromatic rings. The summed E-state index contributed by atoms with van der Waals surface area (Å²) >= 11 is 6.20. The van der Waals surface area contributed by atoms with Crippen LogP contribution in [0, 0.1) is 0 Å². The fourth-order valence-corrected chi connectivity index (χ4v) is 2.43. The van der Waals surface area contributed by atoms with E-state index in [9.17, 15) is 0 Å². The lowest BCUT2D eigenvalue weighted by atomic mass is 10.3. The van der Waals surface area contributed by atoms with Gasteiger partial charge >= 0.3 is 0 Å². The van der Waals surface area contributed by atoms with Gasteiger partial charge in [0.15, 0.2) is 6.23 Å². The molecular weight excluding hydrogens is 260 g/mol. The average molecular weight is 273 g/mol. The minimum absolute atomic E-state index is 0.220. The van der Waals surface area contributed by atoms with E-state index in [1.807, 2.05) is 66.1 Å². The van der Waals surface area contributed by atoms with Crippen molar-refractivity contribution < 1.29 is 4.74 Å². The van der Waals surface area contributed by atoms with Crippen LogP contribution in [0.5, 0.6) is 5.75 Å². The molecule has 0 bridgehead atoms. The first-order valence-corrected chi connectivity index (χ1v) is 6.47. The van der Waals surface area contributed by atoms with Crippen LogP contribution in [-0.4, -0.2) is 9.55 Å². The summed E-state index contributed by atoms with van der Waals surface area (Å²) in [6.45, 7) is 1.95. The molecule has 0 fully saturated rings. The zero-order chi connectivity index (χ0) is 13.2. The standard InChI is InChI=1S/C15H13ClN2O/c1-11(19-12-7-3-2-4-8-12)18-14-10-6-5-9-13(14)17-15(18)16/h2-11H,1H3. The Morgan fingerprint density at radius 3 is 2.53 bits per heavy atom. The van der Waals surface area contributed by atoms with Gasteiger partial charge in [0.2, 0.25) is 5.28 Å². The Morgan fingerprint density at radius 2 is 1.74 bits per heavy atom. The molecule has 0 radical (unpaired) electrons. The Morgan fingerprint density at radius 1 is 1.05 bits per heavy atom. The van der Waals surface area contributed by atoms with Crippen molar-refractivity contribution in [1.29, 1.82) is 0 Å². The second-order valence-electron chi connectivity index (χ2n) is 4.27. The molecule has 0 aliphatic heterocycles. The van der Waals surface area contributed by atoms with E-state index in [-0.39, 0.29) is 6.23 Å². The van der Waals surface area contributed by atoms with Crippen LogP contribution < -0.4 is 4.74 Å². The molecule has 3 nitrogen and oxygen atoms in total. The van der Waals surface area contributed by atoms with Crippen molar-refractivity contribution in [3.63, 3.8) is 0 Å². The van der Waals surface area contributed by atoms with Crippen molar-refractivity contribution in [2.75, 3.05) is 0 Å². The van der Waals surface area contributed by atoms with Crippen molar-refractivity contribution in [3.8, 4) is 5.75 Å². The summed E-state index contributed by atoms with van der Waals surface area (Å²) in [6.07, 6.45) is -0.220. The van der Waals surface area contributed by atoms with Crippen LogP contribution in [0.15, 0.2) is 54.6 Å². The average Bonchev–Trinajstić information content (AvgIpc) is 2.75. The molecule has 1 heterocycles. The minimum Gasteiger partial charge on any atom is -0.470 e. The first kappa shape index (κ1) is 12.1. The van der Waals surface area contributed by atoms with E-state index in [4.69, 9.17) is 16.3 Å². The molecule has 1 atom stereocenters. The Bertz CT molecular complexity index is 694. The molecule has 1 unspecified atom stereocenters. The van der Waals surface area contributed by atoms with Crippen LogP contribution >= 0.6 is 11.6 Å². The van der Waals surface area contributed by atoms with Gasteiger partial charge in [-0.1, -0.05) is 30.3 Å². The van der Waals surface area contributed by atoms with Gasteiger partial charge in [-0.15, -0.1) is 0 Å². The van der Waals surface area contributed by atoms with Crippen LogP contribution in [0.3, 0.4) is 0 Å². The van der Waals surface area contributed by atoms with E-state index in [1.165, 1.54) is 0 Å². The molecule has 96 valence electrons. The maximum absolute atomic E-state index is 6.20. The van der Waals surface area contributed by atoms with Crippen LogP contribution in [0.4, 0.5) is 0 Å². The number of aromatic nitrogens is 2. The third kappa shape index (κ3) is 2.29. The van der Waals surface area contributed by atoms with E-state index >= 15 is 0 Å². The van der Waals surface area contributed by atoms with E-state index in [0.717, 1.165) is 16.8 Å². The zero-order valence-corrected chi connectivity index (χ0v) is 11.2. The van der Waals surface area contributed by atoms with Gasteiger partial charge in [-0.3, -0.25) is 4.57 Å². The predicted molar refractivity (Wildman–Crippen MR) is 76.5 cm³/mol. The molecule has 0 aliphatic carbocycles. The third-order valence-electron chi connectivity index (χ3n) is 2.97. The van der Waals surface area contributed by atoms with E-state index < -0.39 is 0 Å². The number of fused-ring (bicyclic) bond motifs is 1. The monoisotopic (exact) mass is 272 g/mol. The summed E-state index contributed by atoms with van der Waals surface area (Å²) in [5.41, 5.74) is 1.84. The number of imidazole rings is 1. The van der Waals surface area contributed by atoms with Gasteiger partial charge in [-0.2, -0.15) is 0 Å². The Kier molecular flexibility index (Phi) is 3.13. The van der Waals surface area contributed by atoms with Crippen LogP contribution in [-0.2, 0) is 0 Å². The summed E-state index contributed by atoms with van der Waals surface area (Å²) in [4.78, 5) is 4.32. The van der Waals surface area contributed by atoms with Crippen LogP contribution in [0.1, 0.15) is 13.2 Å². The summed E-state index contributed by atoms with van der Waals surface area (Å²) in [7, 11) is 0. The summed E-state index contributed by atoms with van der Waals surface area (Å²) in [5, 5.41) is 0.435. The topological polar surface area (TPSA) is 27.1 Å². The molecule has 0 N–H and O–H groups in total. The first-order chi connectivity index (χ1) is 9.25. The highest BCUT2D eigenvalue weighted by atomic mass is 35.5. The number of benzene rings is 2. The van der Waals surface area contributed by atoms with Crippen molar-refractivity contribution in [1.82, 2.24) is 9.55 Å². The summed E-state index contributed by atoms with van der Waals surface area (Å²) < 4.78 is 7.77. The fraction of sp³-hybridized carbons (Fsp3) is 0.133. The van der Waals surface area contributed by atoms with Gasteiger partial charge in [-0.05, 0) is 42.8 Å². The van der Waals surface area contributed by atoms with Crippen molar-refractivity contribution >= 4 is 22.6 Å². The van der Waals surface area contributed by atoms with Gasteiger partial charge in [0, 0.05) is 0 Å². The lowest BCUT2D eigenvalue weighted by Gasteiger charge is -2.17. The predicted octanol–water partition coefficient (Wildman–Crippen LogP) is 4.29. The molecule has 3 rings (SSSR count). The van der Waals surface area contributed by atoms with Crippen molar-refractivity contribution in [3.05, 3.63) is 59.9 Å². The maximum Gasteiger partial charge on any atom is 0.206 e. The quantitative estimate of drug-likeness (QED) is 0.711. The summed E-state index contributed by atoms with van der Waals surface area (Å²) in [6, 6.07) is 17.5. The molecular formula is C15H13ClN2O. The molecule has 4 heteroatoms. The molecule has 0 saturated heterocycles. The smallest absolute Gasteiger partial charge is 0.206 e. The number of hydrogen-bond acceptors (Lipinski definition) is 2. The lowest BCUT2D eigenvalue weighted by Crippen LogP contribution is -2.12. The van der Waals surface area contributed by atoms with Crippen LogP contribution in [0.25, 0.3) is 11.0 Å². The normalized spacial score (nSPS) is 12.5. The van der Waals surface area contributed by atoms with Gasteiger partial charge < -0.3 is 4.74 Å². The molecule has 2 aromatic carbocycles. The zero-order valence-electron chi connectivity index (χ0n) is 10.5. The SMILES string of the molecule is CC(Oc1ccccc1)n1c(Cl)nc2ccccc21. The Hall–Kier alpha value is -2.00. The van der Waals surface area contributed by atoms with E-state index in [2.05, 4.69) is 4.98 Å². The van der Waals surface area contributed by atoms with Gasteiger partial charge in [-0.25, -0.2) is 4.98 Å². The fourth-order valence-electron chi connectivity index (χ4n) is 2.11. The van der Waals surface area contributed by atoms with E-state index in [1.54, 1.807) is 0 Å². The molecule has 19 heavy (non-hydrogen) atoms. The number of halogens is 1. The lowest BCUT2D eigenvalue weighted by molar-refractivity contribution is 0.157. The largest absolute Gasteiger partial charge is 0.470 e. The maximum atomic E-state index is 6.20. The summed E-state index contributed by atoms with van der Waals surface area (Å²) in [5.74, 6) is 0.809. The van der Waals surface area contributed by atoms with Gasteiger partial charge in [0.05, 0.1) is 11.0 Å².